The summed E-state index contributed by atoms with van der Waals surface area (Å²) in [7, 11) is 0. The number of amides is 1. The van der Waals surface area contributed by atoms with Gasteiger partial charge in [-0.15, -0.1) is 0 Å². The van der Waals surface area contributed by atoms with Crippen LogP contribution in [0.4, 0.5) is 0 Å². The zero-order valence-corrected chi connectivity index (χ0v) is 12.7. The fourth-order valence-electron chi connectivity index (χ4n) is 2.14. The molecule has 0 radical (unpaired) electrons. The van der Waals surface area contributed by atoms with E-state index in [-0.39, 0.29) is 12.0 Å². The van der Waals surface area contributed by atoms with E-state index in [1.54, 1.807) is 6.08 Å². The molecule has 0 fully saturated rings. The zero-order valence-electron chi connectivity index (χ0n) is 12.7. The van der Waals surface area contributed by atoms with Gasteiger partial charge in [-0.1, -0.05) is 6.07 Å². The van der Waals surface area contributed by atoms with Crippen LogP contribution in [-0.4, -0.2) is 31.8 Å². The zero-order chi connectivity index (χ0) is 15.1. The minimum absolute atomic E-state index is 0.0729. The molecule has 0 spiro atoms. The van der Waals surface area contributed by atoms with Crippen molar-refractivity contribution in [3.05, 3.63) is 35.4 Å². The third-order valence-corrected chi connectivity index (χ3v) is 3.21. The number of fused-ring (bicyclic) bond motifs is 1. The van der Waals surface area contributed by atoms with Crippen molar-refractivity contribution >= 4 is 12.0 Å². The van der Waals surface area contributed by atoms with Gasteiger partial charge in [-0.3, -0.25) is 4.79 Å². The third-order valence-electron chi connectivity index (χ3n) is 3.21. The van der Waals surface area contributed by atoms with E-state index in [1.165, 1.54) is 5.56 Å². The molecular formula is C17H23NO3. The first-order valence-corrected chi connectivity index (χ1v) is 7.48. The normalized spacial score (nSPS) is 13.5. The second-order valence-corrected chi connectivity index (χ2v) is 5.36. The molecule has 1 N–H and O–H groups in total. The molecule has 1 aliphatic rings. The molecule has 2 rings (SSSR count). The van der Waals surface area contributed by atoms with Gasteiger partial charge in [0.15, 0.2) is 0 Å². The van der Waals surface area contributed by atoms with Gasteiger partial charge in [-0.2, -0.15) is 0 Å². The van der Waals surface area contributed by atoms with Crippen LogP contribution in [-0.2, 0) is 16.0 Å². The molecule has 0 unspecified atom stereocenters. The van der Waals surface area contributed by atoms with Crippen LogP contribution in [0.3, 0.4) is 0 Å². The Morgan fingerprint density at radius 3 is 3.14 bits per heavy atom. The Morgan fingerprint density at radius 1 is 1.48 bits per heavy atom. The number of nitrogens with one attached hydrogen (secondary N) is 1. The van der Waals surface area contributed by atoms with Gasteiger partial charge in [-0.05, 0) is 49.6 Å². The Hall–Kier alpha value is -1.81. The number of hydrogen-bond donors (Lipinski definition) is 1. The Labute approximate surface area is 126 Å². The maximum absolute atomic E-state index is 11.7. The lowest BCUT2D eigenvalue weighted by Crippen LogP contribution is -2.23. The van der Waals surface area contributed by atoms with E-state index in [0.29, 0.717) is 13.2 Å². The molecule has 0 aliphatic carbocycles. The monoisotopic (exact) mass is 289 g/mol. The van der Waals surface area contributed by atoms with Crippen molar-refractivity contribution in [2.75, 3.05) is 19.8 Å². The summed E-state index contributed by atoms with van der Waals surface area (Å²) in [5.74, 6) is 0.887. The standard InChI is InChI=1S/C17H23NO3/c1-13(2)20-10-3-9-18-17(19)7-5-14-4-6-16-15(12-14)8-11-21-16/h4-7,12-13H,3,8-11H2,1-2H3,(H,18,19)/b7-5+. The minimum Gasteiger partial charge on any atom is -0.493 e. The Kier molecular flexibility index (Phi) is 5.81. The lowest BCUT2D eigenvalue weighted by atomic mass is 10.1. The molecule has 0 atom stereocenters. The first-order chi connectivity index (χ1) is 10.1. The molecule has 0 bridgehead atoms. The molecule has 0 saturated heterocycles. The molecular weight excluding hydrogens is 266 g/mol. The highest BCUT2D eigenvalue weighted by atomic mass is 16.5. The molecule has 1 aromatic rings. The van der Waals surface area contributed by atoms with Crippen molar-refractivity contribution in [2.45, 2.75) is 32.8 Å². The smallest absolute Gasteiger partial charge is 0.244 e. The maximum Gasteiger partial charge on any atom is 0.244 e. The summed E-state index contributed by atoms with van der Waals surface area (Å²) in [6.45, 7) is 6.06. The predicted octanol–water partition coefficient (Wildman–Crippen LogP) is 2.57. The molecule has 1 amide bonds. The van der Waals surface area contributed by atoms with Crippen molar-refractivity contribution in [2.24, 2.45) is 0 Å². The Bertz CT molecular complexity index is 509. The highest BCUT2D eigenvalue weighted by molar-refractivity contribution is 5.91. The molecule has 114 valence electrons. The van der Waals surface area contributed by atoms with Gasteiger partial charge in [-0.25, -0.2) is 0 Å². The van der Waals surface area contributed by atoms with E-state index in [4.69, 9.17) is 9.47 Å². The van der Waals surface area contributed by atoms with Crippen LogP contribution in [0.1, 0.15) is 31.4 Å². The summed E-state index contributed by atoms with van der Waals surface area (Å²) < 4.78 is 10.9. The van der Waals surface area contributed by atoms with Crippen LogP contribution in [0, 0.1) is 0 Å². The Balaban J connectivity index is 1.72. The number of carbonyl (C=O) groups excluding carboxylic acids is 1. The lowest BCUT2D eigenvalue weighted by Gasteiger charge is -2.07. The molecule has 1 aliphatic heterocycles. The summed E-state index contributed by atoms with van der Waals surface area (Å²) in [5, 5.41) is 2.85. The first-order valence-electron chi connectivity index (χ1n) is 7.48. The predicted molar refractivity (Wildman–Crippen MR) is 83.4 cm³/mol. The van der Waals surface area contributed by atoms with Crippen LogP contribution in [0.5, 0.6) is 5.75 Å². The van der Waals surface area contributed by atoms with E-state index >= 15 is 0 Å². The van der Waals surface area contributed by atoms with Crippen LogP contribution in [0.15, 0.2) is 24.3 Å². The first kappa shape index (κ1) is 15.6. The van der Waals surface area contributed by atoms with Gasteiger partial charge in [0.05, 0.1) is 12.7 Å². The quantitative estimate of drug-likeness (QED) is 0.620. The number of rotatable bonds is 7. The van der Waals surface area contributed by atoms with E-state index < -0.39 is 0 Å². The second-order valence-electron chi connectivity index (χ2n) is 5.36. The summed E-state index contributed by atoms with van der Waals surface area (Å²) >= 11 is 0. The average Bonchev–Trinajstić information content (AvgIpc) is 2.92. The molecule has 21 heavy (non-hydrogen) atoms. The number of ether oxygens (including phenoxy) is 2. The third kappa shape index (κ3) is 5.23. The summed E-state index contributed by atoms with van der Waals surface area (Å²) in [6, 6.07) is 6.00. The van der Waals surface area contributed by atoms with E-state index in [0.717, 1.165) is 30.8 Å². The SMILES string of the molecule is CC(C)OCCCNC(=O)/C=C/c1ccc2c(c1)CCO2. The van der Waals surface area contributed by atoms with Gasteiger partial charge in [0.2, 0.25) is 5.91 Å². The molecule has 4 nitrogen and oxygen atoms in total. The van der Waals surface area contributed by atoms with Crippen LogP contribution in [0.25, 0.3) is 6.08 Å². The van der Waals surface area contributed by atoms with Crippen LogP contribution >= 0.6 is 0 Å². The number of hydrogen-bond acceptors (Lipinski definition) is 3. The maximum atomic E-state index is 11.7. The highest BCUT2D eigenvalue weighted by Crippen LogP contribution is 2.26. The van der Waals surface area contributed by atoms with Crippen molar-refractivity contribution < 1.29 is 14.3 Å². The molecule has 1 aromatic carbocycles. The fraction of sp³-hybridized carbons (Fsp3) is 0.471. The number of carbonyl (C=O) groups is 1. The fourth-order valence-corrected chi connectivity index (χ4v) is 2.14. The minimum atomic E-state index is -0.0729. The van der Waals surface area contributed by atoms with Gasteiger partial charge in [0.1, 0.15) is 5.75 Å². The highest BCUT2D eigenvalue weighted by Gasteiger charge is 2.10. The lowest BCUT2D eigenvalue weighted by molar-refractivity contribution is -0.116. The van der Waals surface area contributed by atoms with Crippen molar-refractivity contribution in [1.29, 1.82) is 0 Å². The molecule has 0 saturated carbocycles. The van der Waals surface area contributed by atoms with Gasteiger partial charge in [0, 0.05) is 25.6 Å². The average molecular weight is 289 g/mol. The summed E-state index contributed by atoms with van der Waals surface area (Å²) in [6.07, 6.45) is 5.41. The van der Waals surface area contributed by atoms with Gasteiger partial charge < -0.3 is 14.8 Å². The summed E-state index contributed by atoms with van der Waals surface area (Å²) in [5.41, 5.74) is 2.24. The van der Waals surface area contributed by atoms with Gasteiger partial charge >= 0.3 is 0 Å². The largest absolute Gasteiger partial charge is 0.493 e. The van der Waals surface area contributed by atoms with Crippen molar-refractivity contribution in [3.63, 3.8) is 0 Å². The topological polar surface area (TPSA) is 47.6 Å². The summed E-state index contributed by atoms with van der Waals surface area (Å²) in [4.78, 5) is 11.7. The molecule has 0 aromatic heterocycles. The van der Waals surface area contributed by atoms with E-state index in [2.05, 4.69) is 11.4 Å². The van der Waals surface area contributed by atoms with E-state index in [9.17, 15) is 4.79 Å². The second kappa shape index (κ2) is 7.84. The molecule has 4 heteroatoms. The van der Waals surface area contributed by atoms with Crippen molar-refractivity contribution in [3.8, 4) is 5.75 Å². The number of benzene rings is 1. The Morgan fingerprint density at radius 2 is 2.33 bits per heavy atom. The van der Waals surface area contributed by atoms with Crippen LogP contribution < -0.4 is 10.1 Å². The van der Waals surface area contributed by atoms with Gasteiger partial charge in [0.25, 0.3) is 0 Å². The van der Waals surface area contributed by atoms with Crippen molar-refractivity contribution in [1.82, 2.24) is 5.32 Å². The van der Waals surface area contributed by atoms with E-state index in [1.807, 2.05) is 32.1 Å². The van der Waals surface area contributed by atoms with Crippen LogP contribution in [0.2, 0.25) is 0 Å². The molecule has 1 heterocycles.